The van der Waals surface area contributed by atoms with E-state index in [4.69, 9.17) is 0 Å². The summed E-state index contributed by atoms with van der Waals surface area (Å²) >= 11 is 0. The molecule has 0 atom stereocenters. The first-order valence-corrected chi connectivity index (χ1v) is 38.8. The van der Waals surface area contributed by atoms with Crippen LogP contribution in [0.5, 0.6) is 0 Å². The second-order valence-corrected chi connectivity index (χ2v) is 55.0. The molecule has 1 aliphatic heterocycles. The monoisotopic (exact) mass is 645 g/mol. The lowest BCUT2D eigenvalue weighted by Gasteiger charge is -2.46. The molecule has 0 fully saturated rings. The Morgan fingerprint density at radius 2 is 0.821 bits per heavy atom. The van der Waals surface area contributed by atoms with Gasteiger partial charge in [0.1, 0.15) is 8.80 Å². The molecule has 0 aliphatic carbocycles. The van der Waals surface area contributed by atoms with Gasteiger partial charge in [-0.1, -0.05) is 170 Å². The third-order valence-electron chi connectivity index (χ3n) is 8.58. The van der Waals surface area contributed by atoms with E-state index in [0.717, 1.165) is 15.5 Å². The van der Waals surface area contributed by atoms with E-state index < -0.39 is 57.2 Å². The number of allylic oxidation sites excluding steroid dienone is 3. The number of hydrogen-bond donors (Lipinski definition) is 0. The average molecular weight is 646 g/mol. The summed E-state index contributed by atoms with van der Waals surface area (Å²) in [5.74, 6) is 0. The maximum absolute atomic E-state index is 2.89. The van der Waals surface area contributed by atoms with Crippen LogP contribution in [0.25, 0.3) is 0 Å². The van der Waals surface area contributed by atoms with Crippen LogP contribution in [0.2, 0.25) is 124 Å². The summed E-state index contributed by atoms with van der Waals surface area (Å²) in [6.07, 6.45) is 7.18. The summed E-state index contributed by atoms with van der Waals surface area (Å²) in [6.45, 7) is 48.2. The highest BCUT2D eigenvalue weighted by atomic mass is 28.4. The Morgan fingerprint density at radius 1 is 0.487 bits per heavy atom. The highest BCUT2D eigenvalue weighted by Crippen LogP contribution is 2.44. The van der Waals surface area contributed by atoms with E-state index in [9.17, 15) is 0 Å². The van der Waals surface area contributed by atoms with Gasteiger partial charge in [0.15, 0.2) is 0 Å². The topological polar surface area (TPSA) is 0 Å². The smallest absolute Gasteiger partial charge is 0.0912 e. The van der Waals surface area contributed by atoms with E-state index in [-0.39, 0.29) is 0 Å². The van der Waals surface area contributed by atoms with Crippen LogP contribution in [0.1, 0.15) is 32.2 Å². The maximum atomic E-state index is 2.89. The molecular weight excluding hydrogens is 581 g/mol. The zero-order valence-corrected chi connectivity index (χ0v) is 36.4. The third-order valence-corrected chi connectivity index (χ3v) is 39.0. The van der Waals surface area contributed by atoms with Gasteiger partial charge in [-0.25, -0.2) is 0 Å². The average Bonchev–Trinajstić information content (AvgIpc) is 2.61. The van der Waals surface area contributed by atoms with Crippen LogP contribution in [-0.4, -0.2) is 57.2 Å². The normalized spacial score (nSPS) is 16.7. The predicted octanol–water partition coefficient (Wildman–Crippen LogP) is 10.6. The van der Waals surface area contributed by atoms with Crippen LogP contribution < -0.4 is 5.19 Å². The molecule has 39 heavy (non-hydrogen) atoms. The lowest BCUT2D eigenvalue weighted by molar-refractivity contribution is 1.09. The first-order valence-electron chi connectivity index (χ1n) is 15.6. The molecule has 1 aromatic carbocycles. The van der Waals surface area contributed by atoms with Crippen molar-refractivity contribution in [3.05, 3.63) is 52.8 Å². The van der Waals surface area contributed by atoms with Crippen molar-refractivity contribution >= 4 is 62.4 Å². The standard InChI is InChI=1S/C32H65Si7/c1-34(2,3)30(35(4,5)6)26-24-27(31(36(7,8)9)37(10,11)12)29(33-22-20-19-21-23-33)28(25-26)32(38(13,14)15)39(16,17)18/h19-22,24-25,30-32H,23H2,1-18H3. The molecule has 2 rings (SSSR count). The molecule has 1 radical (unpaired) electrons. The van der Waals surface area contributed by atoms with Crippen LogP contribution in [0, 0.1) is 0 Å². The quantitative estimate of drug-likeness (QED) is 0.222. The predicted molar refractivity (Wildman–Crippen MR) is 203 cm³/mol. The lowest BCUT2D eigenvalue weighted by Crippen LogP contribution is -2.54. The van der Waals surface area contributed by atoms with Gasteiger partial charge in [-0.15, -0.1) is 0 Å². The molecule has 0 N–H and O–H groups in total. The van der Waals surface area contributed by atoms with Gasteiger partial charge in [0, 0.05) is 48.4 Å². The largest absolute Gasteiger partial charge is 0.117 e. The fraction of sp³-hybridized carbons (Fsp3) is 0.688. The Hall–Kier alpha value is 0.218. The van der Waals surface area contributed by atoms with E-state index >= 15 is 0 Å². The molecule has 1 heterocycles. The van der Waals surface area contributed by atoms with E-state index in [1.54, 1.807) is 5.56 Å². The molecule has 1 aliphatic rings. The molecule has 0 unspecified atom stereocenters. The molecule has 0 bridgehead atoms. The molecule has 0 saturated heterocycles. The van der Waals surface area contributed by atoms with Crippen molar-refractivity contribution in [1.29, 1.82) is 0 Å². The molecule has 0 aromatic heterocycles. The zero-order chi connectivity index (χ0) is 30.6. The minimum atomic E-state index is -1.48. The van der Waals surface area contributed by atoms with Gasteiger partial charge in [0.05, 0.1) is 0 Å². The first-order chi connectivity index (χ1) is 17.2. The van der Waals surface area contributed by atoms with Crippen LogP contribution >= 0.6 is 0 Å². The lowest BCUT2D eigenvalue weighted by atomic mass is 10.1. The Bertz CT molecular complexity index is 964. The zero-order valence-electron chi connectivity index (χ0n) is 29.4. The second-order valence-electron chi connectivity index (χ2n) is 19.1. The van der Waals surface area contributed by atoms with Crippen molar-refractivity contribution in [2.75, 3.05) is 0 Å². The van der Waals surface area contributed by atoms with E-state index in [0.29, 0.717) is 0 Å². The van der Waals surface area contributed by atoms with Gasteiger partial charge in [0.25, 0.3) is 0 Å². The summed E-state index contributed by atoms with van der Waals surface area (Å²) < 4.78 is 0. The number of hydrogen-bond acceptors (Lipinski definition) is 0. The SMILES string of the molecule is C[Si](C)(C)C(c1cc(C([Si](C)(C)C)[Si](C)(C)C)c([Si]2C=CC=CC2)c(C([Si](C)(C)C)[Si](C)(C)C)c1)[Si](C)(C)C. The van der Waals surface area contributed by atoms with E-state index in [1.807, 2.05) is 16.3 Å². The number of rotatable bonds is 10. The molecule has 0 saturated carbocycles. The summed E-state index contributed by atoms with van der Waals surface area (Å²) in [4.78, 5) is 0. The Balaban J connectivity index is 3.28. The summed E-state index contributed by atoms with van der Waals surface area (Å²) in [7, 11) is -9.54. The molecule has 7 heteroatoms. The van der Waals surface area contributed by atoms with Crippen molar-refractivity contribution in [2.45, 2.75) is 139 Å². The minimum Gasteiger partial charge on any atom is -0.0912 e. The van der Waals surface area contributed by atoms with Crippen molar-refractivity contribution in [2.24, 2.45) is 0 Å². The highest BCUT2D eigenvalue weighted by molar-refractivity contribution is 6.98. The van der Waals surface area contributed by atoms with Gasteiger partial charge >= 0.3 is 0 Å². The second kappa shape index (κ2) is 11.7. The van der Waals surface area contributed by atoms with Crippen molar-refractivity contribution in [1.82, 2.24) is 0 Å². The Kier molecular flexibility index (Phi) is 10.6. The first kappa shape index (κ1) is 35.4. The van der Waals surface area contributed by atoms with E-state index in [2.05, 4.69) is 154 Å². The van der Waals surface area contributed by atoms with Gasteiger partial charge in [-0.3, -0.25) is 0 Å². The minimum absolute atomic E-state index is 0.780. The molecule has 221 valence electrons. The van der Waals surface area contributed by atoms with Gasteiger partial charge in [-0.2, -0.15) is 0 Å². The maximum Gasteiger partial charge on any atom is 0.117 e. The van der Waals surface area contributed by atoms with Crippen LogP contribution in [-0.2, 0) is 0 Å². The van der Waals surface area contributed by atoms with Gasteiger partial charge in [-0.05, 0) is 27.1 Å². The summed E-state index contributed by atoms with van der Waals surface area (Å²) in [5, 5.41) is 4.27. The van der Waals surface area contributed by atoms with Crippen molar-refractivity contribution in [3.8, 4) is 0 Å². The fourth-order valence-electron chi connectivity index (χ4n) is 9.17. The summed E-state index contributed by atoms with van der Waals surface area (Å²) in [5.41, 5.74) is 8.15. The molecule has 1 aromatic rings. The third kappa shape index (κ3) is 8.63. The fourth-order valence-corrected chi connectivity index (χ4v) is 50.3. The van der Waals surface area contributed by atoms with E-state index in [1.165, 1.54) is 6.04 Å². The molecule has 0 amide bonds. The van der Waals surface area contributed by atoms with Crippen LogP contribution in [0.3, 0.4) is 0 Å². The van der Waals surface area contributed by atoms with Gasteiger partial charge in [0.2, 0.25) is 0 Å². The van der Waals surface area contributed by atoms with Crippen molar-refractivity contribution < 1.29 is 0 Å². The highest BCUT2D eigenvalue weighted by Gasteiger charge is 2.47. The Labute approximate surface area is 253 Å². The van der Waals surface area contributed by atoms with Crippen LogP contribution in [0.15, 0.2) is 36.1 Å². The van der Waals surface area contributed by atoms with Crippen LogP contribution in [0.4, 0.5) is 0 Å². The van der Waals surface area contributed by atoms with Crippen molar-refractivity contribution in [3.63, 3.8) is 0 Å². The molecule has 0 spiro atoms. The molecular formula is C32H65Si7. The molecule has 0 nitrogen and oxygen atoms in total. The Morgan fingerprint density at radius 3 is 1.08 bits per heavy atom. The summed E-state index contributed by atoms with van der Waals surface area (Å²) in [6, 6.07) is 7.03. The number of benzene rings is 1. The van der Waals surface area contributed by atoms with Gasteiger partial charge < -0.3 is 0 Å².